The molecule has 1 aliphatic heterocycles. The van der Waals surface area contributed by atoms with Crippen LogP contribution in [0.5, 0.6) is 11.5 Å². The third-order valence-corrected chi connectivity index (χ3v) is 4.69. The number of benzene rings is 1. The highest BCUT2D eigenvalue weighted by Gasteiger charge is 2.20. The highest BCUT2D eigenvalue weighted by molar-refractivity contribution is 7.89. The third-order valence-electron chi connectivity index (χ3n) is 3.19. The van der Waals surface area contributed by atoms with Crippen LogP contribution in [0.2, 0.25) is 0 Å². The van der Waals surface area contributed by atoms with Gasteiger partial charge in [0.05, 0.1) is 18.1 Å². The van der Waals surface area contributed by atoms with Crippen LogP contribution in [0.15, 0.2) is 24.5 Å². The molecule has 1 aromatic heterocycles. The normalized spacial score (nSPS) is 13.4. The molecule has 0 unspecified atom stereocenters. The summed E-state index contributed by atoms with van der Waals surface area (Å²) in [7, 11) is -3.46. The van der Waals surface area contributed by atoms with Gasteiger partial charge >= 0.3 is 0 Å². The van der Waals surface area contributed by atoms with Crippen LogP contribution in [0.1, 0.15) is 17.3 Å². The van der Waals surface area contributed by atoms with E-state index in [1.165, 1.54) is 19.3 Å². The maximum Gasteiger partial charge on any atom is 0.253 e. The molecule has 2 heterocycles. The van der Waals surface area contributed by atoms with Gasteiger partial charge in [0.25, 0.3) is 10.0 Å². The monoisotopic (exact) mass is 308 g/mol. The van der Waals surface area contributed by atoms with E-state index in [1.807, 2.05) is 0 Å². The van der Waals surface area contributed by atoms with E-state index in [0.29, 0.717) is 34.5 Å². The van der Waals surface area contributed by atoms with Crippen LogP contribution in [-0.4, -0.2) is 36.4 Å². The van der Waals surface area contributed by atoms with Crippen LogP contribution in [0.3, 0.4) is 0 Å². The van der Waals surface area contributed by atoms with E-state index in [0.717, 1.165) is 4.09 Å². The number of aldehydes is 1. The number of fused-ring (bicyclic) bond motifs is 1. The molecule has 0 saturated carbocycles. The zero-order valence-electron chi connectivity index (χ0n) is 11.1. The van der Waals surface area contributed by atoms with E-state index >= 15 is 0 Å². The number of carbonyl (C=O) groups is 1. The molecule has 8 heteroatoms. The SMILES string of the molecule is CCS(=O)(=O)n1cc(-c2cc3c(cc2C=O)OCO3)cn1. The Morgan fingerprint density at radius 2 is 2.05 bits per heavy atom. The molecule has 0 bridgehead atoms. The van der Waals surface area contributed by atoms with Crippen LogP contribution in [0.4, 0.5) is 0 Å². The van der Waals surface area contributed by atoms with E-state index in [2.05, 4.69) is 5.10 Å². The van der Waals surface area contributed by atoms with E-state index in [9.17, 15) is 13.2 Å². The molecule has 1 aliphatic rings. The number of nitrogens with zero attached hydrogens (tertiary/aromatic N) is 2. The Hall–Kier alpha value is -2.35. The first-order chi connectivity index (χ1) is 10.0. The predicted octanol–water partition coefficient (Wildman–Crippen LogP) is 1.29. The van der Waals surface area contributed by atoms with Gasteiger partial charge in [-0.1, -0.05) is 0 Å². The molecule has 21 heavy (non-hydrogen) atoms. The fourth-order valence-corrected chi connectivity index (χ4v) is 2.76. The lowest BCUT2D eigenvalue weighted by Crippen LogP contribution is -2.14. The van der Waals surface area contributed by atoms with Gasteiger partial charge in [-0.05, 0) is 24.6 Å². The van der Waals surface area contributed by atoms with Crippen LogP contribution < -0.4 is 9.47 Å². The largest absolute Gasteiger partial charge is 0.454 e. The fraction of sp³-hybridized carbons (Fsp3) is 0.231. The second-order valence-electron chi connectivity index (χ2n) is 4.41. The first kappa shape index (κ1) is 13.6. The number of ether oxygens (including phenoxy) is 2. The second kappa shape index (κ2) is 4.88. The van der Waals surface area contributed by atoms with E-state index < -0.39 is 10.0 Å². The van der Waals surface area contributed by atoms with Crippen LogP contribution in [-0.2, 0) is 10.0 Å². The Morgan fingerprint density at radius 3 is 2.71 bits per heavy atom. The van der Waals surface area contributed by atoms with Gasteiger partial charge in [-0.3, -0.25) is 4.79 Å². The van der Waals surface area contributed by atoms with Crippen molar-refractivity contribution in [2.45, 2.75) is 6.92 Å². The molecular weight excluding hydrogens is 296 g/mol. The predicted molar refractivity (Wildman–Crippen MR) is 74.0 cm³/mol. The molecule has 1 aromatic carbocycles. The van der Waals surface area contributed by atoms with E-state index in [1.54, 1.807) is 12.1 Å². The van der Waals surface area contributed by atoms with Crippen LogP contribution in [0.25, 0.3) is 11.1 Å². The van der Waals surface area contributed by atoms with E-state index in [4.69, 9.17) is 9.47 Å². The average molecular weight is 308 g/mol. The maximum atomic E-state index is 11.8. The van der Waals surface area contributed by atoms with Crippen molar-refractivity contribution in [2.24, 2.45) is 0 Å². The second-order valence-corrected chi connectivity index (χ2v) is 6.53. The molecule has 3 rings (SSSR count). The Bertz CT molecular complexity index is 810. The third kappa shape index (κ3) is 2.27. The lowest BCUT2D eigenvalue weighted by atomic mass is 10.0. The summed E-state index contributed by atoms with van der Waals surface area (Å²) in [6.45, 7) is 1.63. The molecule has 0 spiro atoms. The molecule has 0 amide bonds. The first-order valence-electron chi connectivity index (χ1n) is 6.22. The Balaban J connectivity index is 2.11. The van der Waals surface area contributed by atoms with Crippen molar-refractivity contribution in [1.82, 2.24) is 9.19 Å². The van der Waals surface area contributed by atoms with Crippen molar-refractivity contribution in [3.05, 3.63) is 30.1 Å². The van der Waals surface area contributed by atoms with Crippen molar-refractivity contribution >= 4 is 16.3 Å². The molecule has 110 valence electrons. The zero-order valence-corrected chi connectivity index (χ0v) is 12.0. The van der Waals surface area contributed by atoms with E-state index in [-0.39, 0.29) is 12.5 Å². The lowest BCUT2D eigenvalue weighted by molar-refractivity contribution is 0.112. The minimum absolute atomic E-state index is 0.0597. The van der Waals surface area contributed by atoms with Gasteiger partial charge in [-0.25, -0.2) is 8.42 Å². The fourth-order valence-electron chi connectivity index (χ4n) is 2.03. The first-order valence-corrected chi connectivity index (χ1v) is 7.83. The van der Waals surface area contributed by atoms with Gasteiger partial charge in [0.1, 0.15) is 0 Å². The van der Waals surface area contributed by atoms with Crippen molar-refractivity contribution < 1.29 is 22.7 Å². The molecule has 0 aliphatic carbocycles. The zero-order chi connectivity index (χ0) is 15.0. The Kier molecular flexibility index (Phi) is 3.17. The van der Waals surface area contributed by atoms with Gasteiger partial charge in [0, 0.05) is 11.1 Å². The Labute approximate surface area is 121 Å². The van der Waals surface area contributed by atoms with Crippen LogP contribution >= 0.6 is 0 Å². The van der Waals surface area contributed by atoms with Crippen molar-refractivity contribution in [3.8, 4) is 22.6 Å². The average Bonchev–Trinajstić information content (AvgIpc) is 3.14. The summed E-state index contributed by atoms with van der Waals surface area (Å²) in [4.78, 5) is 11.2. The topological polar surface area (TPSA) is 87.5 Å². The minimum atomic E-state index is -3.46. The van der Waals surface area contributed by atoms with Gasteiger partial charge in [0.15, 0.2) is 17.8 Å². The summed E-state index contributed by atoms with van der Waals surface area (Å²) in [5, 5.41) is 3.84. The highest BCUT2D eigenvalue weighted by atomic mass is 32.2. The summed E-state index contributed by atoms with van der Waals surface area (Å²) in [6.07, 6.45) is 3.46. The van der Waals surface area contributed by atoms with Gasteiger partial charge < -0.3 is 9.47 Å². The molecule has 0 saturated heterocycles. The van der Waals surface area contributed by atoms with Crippen LogP contribution in [0, 0.1) is 0 Å². The summed E-state index contributed by atoms with van der Waals surface area (Å²) in [5.41, 5.74) is 1.45. The molecule has 0 radical (unpaired) electrons. The van der Waals surface area contributed by atoms with Crippen molar-refractivity contribution in [1.29, 1.82) is 0 Å². The van der Waals surface area contributed by atoms with Crippen molar-refractivity contribution in [2.75, 3.05) is 12.5 Å². The lowest BCUT2D eigenvalue weighted by Gasteiger charge is -2.04. The summed E-state index contributed by atoms with van der Waals surface area (Å²) in [5.74, 6) is 0.951. The maximum absolute atomic E-state index is 11.8. The smallest absolute Gasteiger partial charge is 0.253 e. The minimum Gasteiger partial charge on any atom is -0.454 e. The molecular formula is C13H12N2O5S. The molecule has 7 nitrogen and oxygen atoms in total. The number of hydrogen-bond donors (Lipinski definition) is 0. The standard InChI is InChI=1S/C13H12N2O5S/c1-2-21(17,18)15-6-10(5-14-15)11-4-13-12(19-8-20-13)3-9(11)7-16/h3-7H,2,8H2,1H3. The van der Waals surface area contributed by atoms with Gasteiger partial charge in [-0.2, -0.15) is 9.19 Å². The number of carbonyl (C=O) groups excluding carboxylic acids is 1. The Morgan fingerprint density at radius 1 is 1.33 bits per heavy atom. The van der Waals surface area contributed by atoms with Crippen molar-refractivity contribution in [3.63, 3.8) is 0 Å². The number of rotatable bonds is 4. The quantitative estimate of drug-likeness (QED) is 0.791. The molecule has 0 atom stereocenters. The summed E-state index contributed by atoms with van der Waals surface area (Å²) in [6, 6.07) is 3.21. The number of hydrogen-bond acceptors (Lipinski definition) is 6. The summed E-state index contributed by atoms with van der Waals surface area (Å²) >= 11 is 0. The van der Waals surface area contributed by atoms with Gasteiger partial charge in [-0.15, -0.1) is 0 Å². The molecule has 2 aromatic rings. The number of aromatic nitrogens is 2. The molecule has 0 fully saturated rings. The summed E-state index contributed by atoms with van der Waals surface area (Å²) < 4.78 is 34.9. The highest BCUT2D eigenvalue weighted by Crippen LogP contribution is 2.38. The molecule has 0 N–H and O–H groups in total. The van der Waals surface area contributed by atoms with Gasteiger partial charge in [0.2, 0.25) is 6.79 Å².